The predicted octanol–water partition coefficient (Wildman–Crippen LogP) is 3.36. The Bertz CT molecular complexity index is 986. The first-order valence-corrected chi connectivity index (χ1v) is 11.1. The number of rotatable bonds is 8. The molecule has 10 heteroatoms. The Labute approximate surface area is 178 Å². The Hall–Kier alpha value is -2.46. The molecule has 0 aliphatic carbocycles. The minimum Gasteiger partial charge on any atom is -0.378 e. The van der Waals surface area contributed by atoms with Gasteiger partial charge >= 0.3 is 0 Å². The minimum absolute atomic E-state index is 0.272. The average Bonchev–Trinajstić information content (AvgIpc) is 3.40. The van der Waals surface area contributed by atoms with Crippen LogP contribution in [0.15, 0.2) is 27.9 Å². The summed E-state index contributed by atoms with van der Waals surface area (Å²) in [5.41, 5.74) is 1.21. The van der Waals surface area contributed by atoms with Crippen LogP contribution in [0, 0.1) is 12.7 Å². The lowest BCUT2D eigenvalue weighted by Crippen LogP contribution is -2.38. The van der Waals surface area contributed by atoms with Crippen LogP contribution in [0.1, 0.15) is 24.8 Å². The first kappa shape index (κ1) is 20.8. The fraction of sp³-hybridized carbons (Fsp3) is 0.500. The van der Waals surface area contributed by atoms with Crippen molar-refractivity contribution in [2.75, 3.05) is 37.0 Å². The first-order chi connectivity index (χ1) is 14.7. The van der Waals surface area contributed by atoms with Crippen LogP contribution in [0.25, 0.3) is 11.4 Å². The number of aryl methyl sites for hydroxylation is 2. The van der Waals surface area contributed by atoms with E-state index in [2.05, 4.69) is 36.7 Å². The van der Waals surface area contributed by atoms with E-state index in [9.17, 15) is 4.39 Å². The number of hydrogen-bond donors (Lipinski definition) is 0. The molecule has 1 fully saturated rings. The van der Waals surface area contributed by atoms with Gasteiger partial charge in [0.25, 0.3) is 0 Å². The number of halogens is 1. The Morgan fingerprint density at radius 2 is 2.03 bits per heavy atom. The van der Waals surface area contributed by atoms with Crippen molar-refractivity contribution >= 4 is 17.7 Å². The normalized spacial score (nSPS) is 14.4. The molecule has 1 aliphatic heterocycles. The molecule has 0 radical (unpaired) electrons. The maximum Gasteiger partial charge on any atom is 0.228 e. The standard InChI is InChI=1S/C20H25FN6O2S/c1-3-27-19(26-8-10-28-11-9-26)23-24-20(27)30-12-4-5-17-22-18(25-29-17)15-7-6-14(2)16(21)13-15/h6-7,13H,3-5,8-12H2,1-2H3. The SMILES string of the molecule is CCn1c(SCCCc2nc(-c3ccc(C)c(F)c3)no2)nnc1N1CCOCC1. The third kappa shape index (κ3) is 4.65. The van der Waals surface area contributed by atoms with E-state index >= 15 is 0 Å². The van der Waals surface area contributed by atoms with Crippen LogP contribution in [0.4, 0.5) is 10.3 Å². The molecule has 1 saturated heterocycles. The van der Waals surface area contributed by atoms with Crippen LogP contribution in [0.3, 0.4) is 0 Å². The van der Waals surface area contributed by atoms with Crippen molar-refractivity contribution in [3.8, 4) is 11.4 Å². The van der Waals surface area contributed by atoms with Gasteiger partial charge in [-0.05, 0) is 31.9 Å². The van der Waals surface area contributed by atoms with Crippen molar-refractivity contribution < 1.29 is 13.7 Å². The molecule has 0 atom stereocenters. The molecule has 1 aromatic carbocycles. The molecule has 3 heterocycles. The quantitative estimate of drug-likeness (QED) is 0.396. The van der Waals surface area contributed by atoms with Crippen molar-refractivity contribution in [2.24, 2.45) is 0 Å². The monoisotopic (exact) mass is 432 g/mol. The van der Waals surface area contributed by atoms with Gasteiger partial charge in [-0.1, -0.05) is 29.1 Å². The van der Waals surface area contributed by atoms with Crippen LogP contribution in [-0.2, 0) is 17.7 Å². The molecule has 0 N–H and O–H groups in total. The molecule has 8 nitrogen and oxygen atoms in total. The van der Waals surface area contributed by atoms with Gasteiger partial charge in [-0.2, -0.15) is 4.98 Å². The van der Waals surface area contributed by atoms with E-state index in [1.165, 1.54) is 6.07 Å². The van der Waals surface area contributed by atoms with Gasteiger partial charge in [0.15, 0.2) is 5.16 Å². The van der Waals surface area contributed by atoms with E-state index in [-0.39, 0.29) is 5.82 Å². The van der Waals surface area contributed by atoms with Crippen LogP contribution in [0.2, 0.25) is 0 Å². The highest BCUT2D eigenvalue weighted by Gasteiger charge is 2.19. The smallest absolute Gasteiger partial charge is 0.228 e. The van der Waals surface area contributed by atoms with E-state index in [1.807, 2.05) is 0 Å². The average molecular weight is 433 g/mol. The third-order valence-electron chi connectivity index (χ3n) is 4.97. The van der Waals surface area contributed by atoms with E-state index < -0.39 is 0 Å². The summed E-state index contributed by atoms with van der Waals surface area (Å²) in [5, 5.41) is 13.7. The van der Waals surface area contributed by atoms with Crippen LogP contribution >= 0.6 is 11.8 Å². The molecule has 0 amide bonds. The van der Waals surface area contributed by atoms with E-state index in [0.717, 1.165) is 56.1 Å². The number of thioether (sulfide) groups is 1. The molecule has 2 aromatic heterocycles. The van der Waals surface area contributed by atoms with Gasteiger partial charge < -0.3 is 14.2 Å². The molecule has 0 saturated carbocycles. The Kier molecular flexibility index (Phi) is 6.63. The van der Waals surface area contributed by atoms with Gasteiger partial charge in [0.1, 0.15) is 5.82 Å². The summed E-state index contributed by atoms with van der Waals surface area (Å²) >= 11 is 1.67. The molecule has 160 valence electrons. The zero-order valence-corrected chi connectivity index (χ0v) is 18.0. The first-order valence-electron chi connectivity index (χ1n) is 10.1. The Morgan fingerprint density at radius 1 is 1.20 bits per heavy atom. The summed E-state index contributed by atoms with van der Waals surface area (Å²) < 4.78 is 26.6. The van der Waals surface area contributed by atoms with Gasteiger partial charge in [-0.3, -0.25) is 4.57 Å². The van der Waals surface area contributed by atoms with Crippen LogP contribution in [0.5, 0.6) is 0 Å². The Balaban J connectivity index is 1.31. The van der Waals surface area contributed by atoms with E-state index in [0.29, 0.717) is 29.3 Å². The minimum atomic E-state index is -0.272. The molecule has 30 heavy (non-hydrogen) atoms. The van der Waals surface area contributed by atoms with Crippen molar-refractivity contribution in [1.29, 1.82) is 0 Å². The second-order valence-electron chi connectivity index (χ2n) is 7.05. The van der Waals surface area contributed by atoms with Crippen LogP contribution in [-0.4, -0.2) is 57.0 Å². The highest BCUT2D eigenvalue weighted by Crippen LogP contribution is 2.24. The zero-order chi connectivity index (χ0) is 20.9. The molecule has 0 spiro atoms. The maximum absolute atomic E-state index is 13.8. The lowest BCUT2D eigenvalue weighted by Gasteiger charge is -2.27. The van der Waals surface area contributed by atoms with E-state index in [1.54, 1.807) is 30.8 Å². The molecule has 1 aliphatic rings. The lowest BCUT2D eigenvalue weighted by molar-refractivity contribution is 0.121. The summed E-state index contributed by atoms with van der Waals surface area (Å²) in [6, 6.07) is 4.95. The number of morpholine rings is 1. The van der Waals surface area contributed by atoms with Crippen molar-refractivity contribution in [3.63, 3.8) is 0 Å². The van der Waals surface area contributed by atoms with Gasteiger partial charge in [0, 0.05) is 37.4 Å². The molecular formula is C20H25FN6O2S. The maximum atomic E-state index is 13.8. The molecule has 3 aromatic rings. The lowest BCUT2D eigenvalue weighted by atomic mass is 10.1. The number of benzene rings is 1. The van der Waals surface area contributed by atoms with Gasteiger partial charge in [0.05, 0.1) is 13.2 Å². The summed E-state index contributed by atoms with van der Waals surface area (Å²) in [4.78, 5) is 6.61. The molecule has 4 rings (SSSR count). The predicted molar refractivity (Wildman–Crippen MR) is 112 cm³/mol. The fourth-order valence-corrected chi connectivity index (χ4v) is 4.19. The number of ether oxygens (including phenoxy) is 1. The topological polar surface area (TPSA) is 82.1 Å². The van der Waals surface area contributed by atoms with Crippen molar-refractivity contribution in [3.05, 3.63) is 35.5 Å². The number of anilines is 1. The van der Waals surface area contributed by atoms with Gasteiger partial charge in [-0.15, -0.1) is 10.2 Å². The van der Waals surface area contributed by atoms with Crippen LogP contribution < -0.4 is 4.90 Å². The summed E-state index contributed by atoms with van der Waals surface area (Å²) in [6.45, 7) is 7.77. The van der Waals surface area contributed by atoms with Crippen molar-refractivity contribution in [2.45, 2.75) is 38.4 Å². The highest BCUT2D eigenvalue weighted by molar-refractivity contribution is 7.99. The molecular weight excluding hydrogens is 407 g/mol. The number of hydrogen-bond acceptors (Lipinski definition) is 8. The Morgan fingerprint density at radius 3 is 2.80 bits per heavy atom. The van der Waals surface area contributed by atoms with E-state index in [4.69, 9.17) is 9.26 Å². The summed E-state index contributed by atoms with van der Waals surface area (Å²) in [6.07, 6.45) is 1.52. The molecule has 0 unspecified atom stereocenters. The third-order valence-corrected chi connectivity index (χ3v) is 6.02. The number of aromatic nitrogens is 5. The largest absolute Gasteiger partial charge is 0.378 e. The summed E-state index contributed by atoms with van der Waals surface area (Å²) in [5.74, 6) is 2.47. The second-order valence-corrected chi connectivity index (χ2v) is 8.12. The van der Waals surface area contributed by atoms with Gasteiger partial charge in [-0.25, -0.2) is 4.39 Å². The number of nitrogens with zero attached hydrogens (tertiary/aromatic N) is 6. The highest BCUT2D eigenvalue weighted by atomic mass is 32.2. The molecule has 0 bridgehead atoms. The zero-order valence-electron chi connectivity index (χ0n) is 17.2. The van der Waals surface area contributed by atoms with Gasteiger partial charge in [0.2, 0.25) is 17.7 Å². The van der Waals surface area contributed by atoms with Crippen molar-refractivity contribution in [1.82, 2.24) is 24.9 Å². The second kappa shape index (κ2) is 9.57. The summed E-state index contributed by atoms with van der Waals surface area (Å²) in [7, 11) is 0. The fourth-order valence-electron chi connectivity index (χ4n) is 3.25.